The van der Waals surface area contributed by atoms with Gasteiger partial charge in [-0.15, -0.1) is 12.4 Å². The second kappa shape index (κ2) is 8.82. The largest absolute Gasteiger partial charge is 0.462 e. The Bertz CT molecular complexity index is 784. The highest BCUT2D eigenvalue weighted by atomic mass is 35.5. The highest BCUT2D eigenvalue weighted by molar-refractivity contribution is 5.95. The van der Waals surface area contributed by atoms with Crippen molar-refractivity contribution < 1.29 is 14.3 Å². The van der Waals surface area contributed by atoms with Crippen molar-refractivity contribution in [2.45, 2.75) is 32.7 Å². The Hall–Kier alpha value is -2.38. The predicted molar refractivity (Wildman–Crippen MR) is 101 cm³/mol. The van der Waals surface area contributed by atoms with E-state index >= 15 is 0 Å². The first kappa shape index (κ1) is 19.9. The molecule has 2 heterocycles. The highest BCUT2D eigenvalue weighted by Gasteiger charge is 2.22. The summed E-state index contributed by atoms with van der Waals surface area (Å²) in [4.78, 5) is 24.2. The summed E-state index contributed by atoms with van der Waals surface area (Å²) in [6.45, 7) is 4.78. The van der Waals surface area contributed by atoms with E-state index in [0.29, 0.717) is 23.6 Å². The number of benzene rings is 1. The lowest BCUT2D eigenvalue weighted by Gasteiger charge is -2.12. The third-order valence-electron chi connectivity index (χ3n) is 4.24. The molecule has 0 saturated carbocycles. The van der Waals surface area contributed by atoms with Crippen LogP contribution >= 0.6 is 12.4 Å². The van der Waals surface area contributed by atoms with Crippen molar-refractivity contribution >= 4 is 30.0 Å². The molecule has 1 saturated heterocycles. The number of rotatable bonds is 5. The van der Waals surface area contributed by atoms with Crippen LogP contribution in [0.25, 0.3) is 5.69 Å². The molecule has 0 aliphatic carbocycles. The molecule has 1 aromatic heterocycles. The summed E-state index contributed by atoms with van der Waals surface area (Å²) in [5, 5.41) is 10.4. The van der Waals surface area contributed by atoms with Crippen LogP contribution in [-0.2, 0) is 9.53 Å². The van der Waals surface area contributed by atoms with Crippen LogP contribution in [0.4, 0.5) is 5.69 Å². The molecule has 1 aliphatic rings. The molecule has 1 atom stereocenters. The van der Waals surface area contributed by atoms with Crippen molar-refractivity contribution in [2.75, 3.05) is 18.5 Å². The zero-order valence-electron chi connectivity index (χ0n) is 14.8. The van der Waals surface area contributed by atoms with Gasteiger partial charge in [0.15, 0.2) is 0 Å². The van der Waals surface area contributed by atoms with E-state index in [-0.39, 0.29) is 30.3 Å². The van der Waals surface area contributed by atoms with E-state index in [0.717, 1.165) is 25.1 Å². The van der Waals surface area contributed by atoms with E-state index in [9.17, 15) is 9.59 Å². The van der Waals surface area contributed by atoms with Crippen molar-refractivity contribution in [1.29, 1.82) is 0 Å². The average molecular weight is 379 g/mol. The monoisotopic (exact) mass is 378 g/mol. The summed E-state index contributed by atoms with van der Waals surface area (Å²) >= 11 is 0. The van der Waals surface area contributed by atoms with Crippen molar-refractivity contribution in [1.82, 2.24) is 15.1 Å². The minimum atomic E-state index is -0.386. The van der Waals surface area contributed by atoms with Gasteiger partial charge in [-0.3, -0.25) is 4.79 Å². The van der Waals surface area contributed by atoms with E-state index in [2.05, 4.69) is 15.7 Å². The number of carbonyl (C=O) groups excluding carboxylic acids is 2. The van der Waals surface area contributed by atoms with Crippen LogP contribution in [0.1, 0.15) is 35.8 Å². The van der Waals surface area contributed by atoms with E-state index in [1.807, 2.05) is 31.2 Å². The normalized spacial score (nSPS) is 16.0. The van der Waals surface area contributed by atoms with Gasteiger partial charge >= 0.3 is 5.97 Å². The molecule has 0 spiro atoms. The molecule has 8 heteroatoms. The fraction of sp³-hybridized carbons (Fsp3) is 0.389. The van der Waals surface area contributed by atoms with Gasteiger partial charge in [0.05, 0.1) is 30.2 Å². The number of carbonyl (C=O) groups is 2. The maximum atomic E-state index is 12.2. The second-order valence-corrected chi connectivity index (χ2v) is 5.96. The zero-order valence-corrected chi connectivity index (χ0v) is 15.6. The Balaban J connectivity index is 0.00000243. The summed E-state index contributed by atoms with van der Waals surface area (Å²) < 4.78 is 6.70. The molecule has 1 amide bonds. The highest BCUT2D eigenvalue weighted by Crippen LogP contribution is 2.19. The molecule has 1 fully saturated rings. The van der Waals surface area contributed by atoms with E-state index in [4.69, 9.17) is 4.74 Å². The standard InChI is InChI=1S/C18H22N4O3.ClH/c1-3-25-18(24)15-11-20-22(12(15)2)14-7-4-6-13(10-14)21-17(23)16-8-5-9-19-16;/h4,6-7,10-11,16,19H,3,5,8-9H2,1-2H3,(H,21,23);1H. The Morgan fingerprint density at radius 1 is 1.42 bits per heavy atom. The molecule has 1 unspecified atom stereocenters. The first-order valence-electron chi connectivity index (χ1n) is 8.46. The van der Waals surface area contributed by atoms with Crippen LogP contribution in [0.5, 0.6) is 0 Å². The Morgan fingerprint density at radius 3 is 2.92 bits per heavy atom. The number of nitrogens with one attached hydrogen (secondary N) is 2. The summed E-state index contributed by atoms with van der Waals surface area (Å²) in [6, 6.07) is 7.25. The molecule has 7 nitrogen and oxygen atoms in total. The predicted octanol–water partition coefficient (Wildman–Crippen LogP) is 2.47. The van der Waals surface area contributed by atoms with Crippen LogP contribution in [0, 0.1) is 6.92 Å². The number of aromatic nitrogens is 2. The first-order valence-corrected chi connectivity index (χ1v) is 8.46. The molecule has 3 rings (SSSR count). The van der Waals surface area contributed by atoms with Gasteiger partial charge in [0.2, 0.25) is 5.91 Å². The lowest BCUT2D eigenvalue weighted by molar-refractivity contribution is -0.117. The van der Waals surface area contributed by atoms with Crippen LogP contribution < -0.4 is 10.6 Å². The van der Waals surface area contributed by atoms with Gasteiger partial charge in [0.1, 0.15) is 5.56 Å². The molecular formula is C18H23ClN4O3. The lowest BCUT2D eigenvalue weighted by atomic mass is 10.2. The van der Waals surface area contributed by atoms with Gasteiger partial charge in [-0.1, -0.05) is 6.07 Å². The lowest BCUT2D eigenvalue weighted by Crippen LogP contribution is -2.35. The van der Waals surface area contributed by atoms with Crippen LogP contribution in [0.2, 0.25) is 0 Å². The van der Waals surface area contributed by atoms with Gasteiger partial charge in [0, 0.05) is 5.69 Å². The van der Waals surface area contributed by atoms with Gasteiger partial charge < -0.3 is 15.4 Å². The maximum Gasteiger partial charge on any atom is 0.341 e. The fourth-order valence-electron chi connectivity index (χ4n) is 2.93. The van der Waals surface area contributed by atoms with Crippen LogP contribution in [-0.4, -0.2) is 40.9 Å². The third-order valence-corrected chi connectivity index (χ3v) is 4.24. The number of hydrogen-bond acceptors (Lipinski definition) is 5. The quantitative estimate of drug-likeness (QED) is 0.781. The number of esters is 1. The molecule has 1 aliphatic heterocycles. The van der Waals surface area contributed by atoms with Gasteiger partial charge in [-0.25, -0.2) is 9.48 Å². The fourth-order valence-corrected chi connectivity index (χ4v) is 2.93. The summed E-state index contributed by atoms with van der Waals surface area (Å²) in [6.07, 6.45) is 3.37. The Morgan fingerprint density at radius 2 is 2.23 bits per heavy atom. The first-order chi connectivity index (χ1) is 12.1. The topological polar surface area (TPSA) is 85.2 Å². The third kappa shape index (κ3) is 4.23. The maximum absolute atomic E-state index is 12.2. The van der Waals surface area contributed by atoms with Crippen LogP contribution in [0.3, 0.4) is 0 Å². The molecule has 26 heavy (non-hydrogen) atoms. The van der Waals surface area contributed by atoms with Crippen molar-refractivity contribution in [3.63, 3.8) is 0 Å². The molecule has 2 N–H and O–H groups in total. The number of halogens is 1. The van der Waals surface area contributed by atoms with Gasteiger partial charge in [0.25, 0.3) is 0 Å². The number of ether oxygens (including phenoxy) is 1. The van der Waals surface area contributed by atoms with Crippen molar-refractivity contribution in [3.8, 4) is 5.69 Å². The number of nitrogens with zero attached hydrogens (tertiary/aromatic N) is 2. The second-order valence-electron chi connectivity index (χ2n) is 5.96. The summed E-state index contributed by atoms with van der Waals surface area (Å²) in [7, 11) is 0. The molecule has 1 aromatic carbocycles. The van der Waals surface area contributed by atoms with E-state index < -0.39 is 0 Å². The van der Waals surface area contributed by atoms with Gasteiger partial charge in [-0.2, -0.15) is 5.10 Å². The van der Waals surface area contributed by atoms with Crippen molar-refractivity contribution in [3.05, 3.63) is 41.7 Å². The molecule has 2 aromatic rings. The number of anilines is 1. The Labute approximate surface area is 158 Å². The minimum Gasteiger partial charge on any atom is -0.462 e. The summed E-state index contributed by atoms with van der Waals surface area (Å²) in [5.41, 5.74) is 2.60. The number of hydrogen-bond donors (Lipinski definition) is 2. The smallest absolute Gasteiger partial charge is 0.341 e. The van der Waals surface area contributed by atoms with Crippen LogP contribution in [0.15, 0.2) is 30.5 Å². The average Bonchev–Trinajstić information content (AvgIpc) is 3.25. The molecule has 0 radical (unpaired) electrons. The minimum absolute atomic E-state index is 0. The molecule has 0 bridgehead atoms. The SMILES string of the molecule is CCOC(=O)c1cnn(-c2cccc(NC(=O)C3CCCN3)c2)c1C.Cl. The van der Waals surface area contributed by atoms with Gasteiger partial charge in [-0.05, 0) is 51.4 Å². The number of amides is 1. The molecule has 140 valence electrons. The summed E-state index contributed by atoms with van der Waals surface area (Å²) in [5.74, 6) is -0.415. The van der Waals surface area contributed by atoms with Crippen molar-refractivity contribution in [2.24, 2.45) is 0 Å². The Kier molecular flexibility index (Phi) is 6.76. The van der Waals surface area contributed by atoms with E-state index in [1.165, 1.54) is 6.20 Å². The zero-order chi connectivity index (χ0) is 17.8. The van der Waals surface area contributed by atoms with E-state index in [1.54, 1.807) is 11.6 Å². The molecular weight excluding hydrogens is 356 g/mol.